The fraction of sp³-hybridized carbons (Fsp3) is 0.500. The fourth-order valence-electron chi connectivity index (χ4n) is 2.37. The van der Waals surface area contributed by atoms with Crippen molar-refractivity contribution in [2.75, 3.05) is 13.2 Å². The number of hydrogen-bond acceptors (Lipinski definition) is 4. The van der Waals surface area contributed by atoms with Gasteiger partial charge in [0.2, 0.25) is 0 Å². The van der Waals surface area contributed by atoms with Gasteiger partial charge in [-0.3, -0.25) is 0 Å². The third-order valence-electron chi connectivity index (χ3n) is 3.71. The smallest absolute Gasteiger partial charge is 0.336 e. The van der Waals surface area contributed by atoms with E-state index in [0.717, 1.165) is 36.1 Å². The summed E-state index contributed by atoms with van der Waals surface area (Å²) in [6, 6.07) is 5.60. The highest BCUT2D eigenvalue weighted by molar-refractivity contribution is 5.81. The molecule has 1 aromatic heterocycles. The number of nitrogens with one attached hydrogen (secondary N) is 1. The van der Waals surface area contributed by atoms with Gasteiger partial charge in [0.1, 0.15) is 5.58 Å². The molecule has 0 saturated carbocycles. The molecule has 0 radical (unpaired) electrons. The second kappa shape index (κ2) is 7.56. The van der Waals surface area contributed by atoms with Gasteiger partial charge in [-0.25, -0.2) is 4.79 Å². The van der Waals surface area contributed by atoms with Crippen molar-refractivity contribution in [1.82, 2.24) is 5.32 Å². The minimum absolute atomic E-state index is 0.272. The molecule has 0 bridgehead atoms. The van der Waals surface area contributed by atoms with Crippen LogP contribution in [-0.4, -0.2) is 19.3 Å². The highest BCUT2D eigenvalue weighted by Crippen LogP contribution is 2.21. The van der Waals surface area contributed by atoms with Crippen LogP contribution in [0.3, 0.4) is 0 Å². The van der Waals surface area contributed by atoms with E-state index in [-0.39, 0.29) is 11.7 Å². The molecule has 2 rings (SSSR count). The molecule has 0 saturated heterocycles. The summed E-state index contributed by atoms with van der Waals surface area (Å²) in [6.07, 6.45) is 1.23. The lowest BCUT2D eigenvalue weighted by atomic mass is 10.0. The lowest BCUT2D eigenvalue weighted by Crippen LogP contribution is -2.18. The van der Waals surface area contributed by atoms with E-state index in [1.54, 1.807) is 6.07 Å². The molecular weight excluding hydrogens is 278 g/mol. The van der Waals surface area contributed by atoms with E-state index in [9.17, 15) is 4.79 Å². The molecule has 4 heteroatoms. The zero-order valence-electron chi connectivity index (χ0n) is 13.9. The molecule has 1 aromatic carbocycles. The Bertz CT molecular complexity index is 689. The molecule has 1 heterocycles. The molecule has 4 nitrogen and oxygen atoms in total. The van der Waals surface area contributed by atoms with Crippen LogP contribution < -0.4 is 10.9 Å². The van der Waals surface area contributed by atoms with Crippen molar-refractivity contribution in [1.29, 1.82) is 0 Å². The Morgan fingerprint density at radius 3 is 2.64 bits per heavy atom. The highest BCUT2D eigenvalue weighted by Gasteiger charge is 2.07. The Morgan fingerprint density at radius 2 is 1.91 bits per heavy atom. The second-order valence-electron chi connectivity index (χ2n) is 5.97. The number of aryl methyl sites for hydroxylation is 2. The van der Waals surface area contributed by atoms with Crippen molar-refractivity contribution >= 4 is 11.0 Å². The summed E-state index contributed by atoms with van der Waals surface area (Å²) in [5.74, 6) is 0. The van der Waals surface area contributed by atoms with Crippen LogP contribution in [0.5, 0.6) is 0 Å². The van der Waals surface area contributed by atoms with Gasteiger partial charge in [0, 0.05) is 24.6 Å². The normalized spacial score (nSPS) is 11.5. The van der Waals surface area contributed by atoms with Gasteiger partial charge < -0.3 is 14.5 Å². The fourth-order valence-corrected chi connectivity index (χ4v) is 2.37. The highest BCUT2D eigenvalue weighted by atomic mass is 16.5. The molecule has 22 heavy (non-hydrogen) atoms. The summed E-state index contributed by atoms with van der Waals surface area (Å²) < 4.78 is 10.8. The Kier molecular flexibility index (Phi) is 5.75. The first-order valence-electron chi connectivity index (χ1n) is 7.83. The standard InChI is InChI=1S/C18H25NO3/c1-12(2)21-7-5-6-19-11-15-10-18(20)22-17-9-14(4)13(3)8-16(15)17/h8-10,12,19H,5-7,11H2,1-4H3. The van der Waals surface area contributed by atoms with Crippen molar-refractivity contribution in [2.45, 2.75) is 46.8 Å². The molecule has 1 N–H and O–H groups in total. The lowest BCUT2D eigenvalue weighted by Gasteiger charge is -2.10. The van der Waals surface area contributed by atoms with Gasteiger partial charge in [0.25, 0.3) is 0 Å². The van der Waals surface area contributed by atoms with Gasteiger partial charge in [-0.05, 0) is 69.5 Å². The van der Waals surface area contributed by atoms with Crippen molar-refractivity contribution < 1.29 is 9.15 Å². The van der Waals surface area contributed by atoms with Crippen LogP contribution in [0.4, 0.5) is 0 Å². The molecule has 0 aliphatic heterocycles. The number of fused-ring (bicyclic) bond motifs is 1. The topological polar surface area (TPSA) is 51.5 Å². The summed E-state index contributed by atoms with van der Waals surface area (Å²) in [5, 5.41) is 4.38. The molecular formula is C18H25NO3. The minimum Gasteiger partial charge on any atom is -0.423 e. The van der Waals surface area contributed by atoms with Crippen LogP contribution in [0, 0.1) is 13.8 Å². The van der Waals surface area contributed by atoms with Gasteiger partial charge >= 0.3 is 5.63 Å². The monoisotopic (exact) mass is 303 g/mol. The van der Waals surface area contributed by atoms with E-state index >= 15 is 0 Å². The van der Waals surface area contributed by atoms with Gasteiger partial charge in [-0.2, -0.15) is 0 Å². The minimum atomic E-state index is -0.296. The quantitative estimate of drug-likeness (QED) is 0.630. The average molecular weight is 303 g/mol. The van der Waals surface area contributed by atoms with E-state index in [1.165, 1.54) is 5.56 Å². The largest absolute Gasteiger partial charge is 0.423 e. The number of benzene rings is 1. The van der Waals surface area contributed by atoms with Crippen LogP contribution in [0.25, 0.3) is 11.0 Å². The second-order valence-corrected chi connectivity index (χ2v) is 5.97. The first-order chi connectivity index (χ1) is 10.5. The zero-order valence-corrected chi connectivity index (χ0v) is 13.9. The van der Waals surface area contributed by atoms with Gasteiger partial charge in [-0.15, -0.1) is 0 Å². The van der Waals surface area contributed by atoms with Crippen LogP contribution in [0.1, 0.15) is 37.0 Å². The summed E-state index contributed by atoms with van der Waals surface area (Å²) in [4.78, 5) is 11.7. The first-order valence-corrected chi connectivity index (χ1v) is 7.83. The van der Waals surface area contributed by atoms with E-state index in [1.807, 2.05) is 26.8 Å². The summed E-state index contributed by atoms with van der Waals surface area (Å²) in [7, 11) is 0. The molecule has 0 atom stereocenters. The molecule has 0 fully saturated rings. The Morgan fingerprint density at radius 1 is 1.18 bits per heavy atom. The number of hydrogen-bond donors (Lipinski definition) is 1. The molecule has 120 valence electrons. The van der Waals surface area contributed by atoms with Crippen LogP contribution in [0.2, 0.25) is 0 Å². The maximum absolute atomic E-state index is 11.7. The van der Waals surface area contributed by atoms with Crippen LogP contribution in [0.15, 0.2) is 27.4 Å². The van der Waals surface area contributed by atoms with Crippen molar-refractivity contribution in [2.24, 2.45) is 0 Å². The SMILES string of the molecule is Cc1cc2oc(=O)cc(CNCCCOC(C)C)c2cc1C. The predicted molar refractivity (Wildman–Crippen MR) is 89.4 cm³/mol. The molecule has 0 aliphatic rings. The van der Waals surface area contributed by atoms with E-state index in [0.29, 0.717) is 12.1 Å². The summed E-state index contributed by atoms with van der Waals surface area (Å²) in [5.41, 5.74) is 3.69. The number of ether oxygens (including phenoxy) is 1. The third-order valence-corrected chi connectivity index (χ3v) is 3.71. The van der Waals surface area contributed by atoms with Crippen molar-refractivity contribution in [3.63, 3.8) is 0 Å². The predicted octanol–water partition coefficient (Wildman–Crippen LogP) is 3.31. The van der Waals surface area contributed by atoms with Crippen LogP contribution >= 0.6 is 0 Å². The van der Waals surface area contributed by atoms with E-state index in [2.05, 4.69) is 18.3 Å². The zero-order chi connectivity index (χ0) is 16.1. The Hall–Kier alpha value is -1.65. The number of rotatable bonds is 7. The van der Waals surface area contributed by atoms with Crippen molar-refractivity contribution in [3.05, 3.63) is 45.3 Å². The Balaban J connectivity index is 2.04. The lowest BCUT2D eigenvalue weighted by molar-refractivity contribution is 0.0770. The Labute approximate surface area is 131 Å². The van der Waals surface area contributed by atoms with Gasteiger partial charge in [-0.1, -0.05) is 0 Å². The summed E-state index contributed by atoms with van der Waals surface area (Å²) in [6.45, 7) is 10.4. The van der Waals surface area contributed by atoms with Crippen LogP contribution in [-0.2, 0) is 11.3 Å². The molecule has 2 aromatic rings. The van der Waals surface area contributed by atoms with Crippen molar-refractivity contribution in [3.8, 4) is 0 Å². The summed E-state index contributed by atoms with van der Waals surface area (Å²) >= 11 is 0. The maximum atomic E-state index is 11.7. The van der Waals surface area contributed by atoms with E-state index < -0.39 is 0 Å². The molecule has 0 amide bonds. The van der Waals surface area contributed by atoms with E-state index in [4.69, 9.17) is 9.15 Å². The molecule has 0 spiro atoms. The maximum Gasteiger partial charge on any atom is 0.336 e. The average Bonchev–Trinajstić information content (AvgIpc) is 2.44. The van der Waals surface area contributed by atoms with Gasteiger partial charge in [0.05, 0.1) is 6.10 Å². The third kappa shape index (κ3) is 4.42. The molecule has 0 aliphatic carbocycles. The molecule has 0 unspecified atom stereocenters. The first kappa shape index (κ1) is 16.7. The van der Waals surface area contributed by atoms with Gasteiger partial charge in [0.15, 0.2) is 0 Å².